The lowest BCUT2D eigenvalue weighted by Crippen LogP contribution is -2.42. The first-order valence-corrected chi connectivity index (χ1v) is 16.9. The number of amides is 1. The van der Waals surface area contributed by atoms with Gasteiger partial charge < -0.3 is 25.0 Å². The summed E-state index contributed by atoms with van der Waals surface area (Å²) in [5.74, 6) is -1.27. The number of aliphatic carboxylic acids is 1. The third kappa shape index (κ3) is 8.30. The molecule has 0 spiro atoms. The van der Waals surface area contributed by atoms with E-state index in [1.807, 2.05) is 42.5 Å². The van der Waals surface area contributed by atoms with Crippen molar-refractivity contribution in [2.75, 3.05) is 13.1 Å². The second-order valence-electron chi connectivity index (χ2n) is 15.0. The summed E-state index contributed by atoms with van der Waals surface area (Å²) in [7, 11) is 0. The topological polar surface area (TPSA) is 108 Å². The Bertz CT molecular complexity index is 1570. The van der Waals surface area contributed by atoms with E-state index in [1.54, 1.807) is 0 Å². The zero-order valence-corrected chi connectivity index (χ0v) is 27.8. The van der Waals surface area contributed by atoms with Crippen LogP contribution in [-0.2, 0) is 32.2 Å². The van der Waals surface area contributed by atoms with Crippen LogP contribution in [0.4, 0.5) is 0 Å². The molecule has 3 aromatic rings. The average Bonchev–Trinajstić information content (AvgIpc) is 3.29. The molecule has 3 aromatic carbocycles. The van der Waals surface area contributed by atoms with Crippen LogP contribution < -0.4 is 5.32 Å². The fourth-order valence-electron chi connectivity index (χ4n) is 8.32. The quantitative estimate of drug-likeness (QED) is 0.212. The molecule has 8 heteroatoms. The Morgan fingerprint density at radius 1 is 0.894 bits per heavy atom. The third-order valence-electron chi connectivity index (χ3n) is 10.1. The van der Waals surface area contributed by atoms with E-state index in [4.69, 9.17) is 14.6 Å². The van der Waals surface area contributed by atoms with Crippen molar-refractivity contribution in [1.82, 2.24) is 10.2 Å². The van der Waals surface area contributed by atoms with Crippen LogP contribution in [0.25, 0.3) is 11.1 Å². The number of carboxylic acid groups (broad SMARTS) is 1. The van der Waals surface area contributed by atoms with Crippen molar-refractivity contribution >= 4 is 11.9 Å². The van der Waals surface area contributed by atoms with Crippen LogP contribution in [0, 0.1) is 10.8 Å². The first-order chi connectivity index (χ1) is 22.5. The number of nitrogens with one attached hydrogen (secondary N) is 1. The predicted octanol–water partition coefficient (Wildman–Crippen LogP) is 6.77. The number of benzene rings is 3. The highest BCUT2D eigenvalue weighted by atomic mass is 16.7. The molecule has 3 aliphatic rings. The molecule has 2 aliphatic heterocycles. The van der Waals surface area contributed by atoms with Crippen LogP contribution >= 0.6 is 0 Å². The van der Waals surface area contributed by atoms with E-state index in [0.717, 1.165) is 52.9 Å². The lowest BCUT2D eigenvalue weighted by molar-refractivity contribution is -0.253. The number of carboxylic acids is 1. The number of rotatable bonds is 11. The molecule has 1 saturated carbocycles. The second kappa shape index (κ2) is 13.9. The Morgan fingerprint density at radius 2 is 1.64 bits per heavy atom. The highest BCUT2D eigenvalue weighted by molar-refractivity contribution is 5.80. The normalized spacial score (nSPS) is 27.0. The molecule has 5 atom stereocenters. The van der Waals surface area contributed by atoms with Gasteiger partial charge in [-0.05, 0) is 70.0 Å². The molecule has 8 nitrogen and oxygen atoms in total. The molecule has 3 N–H and O–H groups in total. The molecule has 1 amide bonds. The van der Waals surface area contributed by atoms with Gasteiger partial charge in [0.05, 0.1) is 25.2 Å². The van der Waals surface area contributed by atoms with Crippen molar-refractivity contribution in [2.45, 2.75) is 97.0 Å². The fourth-order valence-corrected chi connectivity index (χ4v) is 8.32. The standard InChI is InChI=1S/C39H48N2O6/c1-38(2)19-32-20-39(3,24-38)25-41(32)22-33-18-34(28-12-10-26(23-42)11-13-28)47-37(46-33)31-9-5-8-30(17-31)29-7-4-6-27(16-29)21-40-35(43)14-15-36(44)45/h4-13,16-17,32-34,37,42H,14-15,18-25H2,1-3H3,(H,40,43)(H,44,45)/t32?,33-,34+,37+,39?/m1/s1. The first kappa shape index (κ1) is 33.3. The average molecular weight is 641 g/mol. The highest BCUT2D eigenvalue weighted by Gasteiger charge is 2.50. The molecule has 2 unspecified atom stereocenters. The van der Waals surface area contributed by atoms with E-state index in [1.165, 1.54) is 19.3 Å². The minimum absolute atomic E-state index is 0.000877. The minimum atomic E-state index is -0.984. The first-order valence-electron chi connectivity index (χ1n) is 16.9. The number of likely N-dealkylation sites (tertiary alicyclic amines) is 1. The van der Waals surface area contributed by atoms with Crippen LogP contribution in [0.5, 0.6) is 0 Å². The zero-order chi connectivity index (χ0) is 33.2. The van der Waals surface area contributed by atoms with Crippen molar-refractivity contribution in [3.63, 3.8) is 0 Å². The second-order valence-corrected chi connectivity index (χ2v) is 15.0. The van der Waals surface area contributed by atoms with E-state index in [0.29, 0.717) is 23.4 Å². The molecule has 3 fully saturated rings. The van der Waals surface area contributed by atoms with Crippen molar-refractivity contribution in [2.24, 2.45) is 10.8 Å². The largest absolute Gasteiger partial charge is 0.481 e. The predicted molar refractivity (Wildman–Crippen MR) is 180 cm³/mol. The molecule has 1 aliphatic carbocycles. The van der Waals surface area contributed by atoms with Gasteiger partial charge in [0.1, 0.15) is 0 Å². The summed E-state index contributed by atoms with van der Waals surface area (Å²) in [5, 5.41) is 21.3. The van der Waals surface area contributed by atoms with E-state index in [9.17, 15) is 14.7 Å². The summed E-state index contributed by atoms with van der Waals surface area (Å²) < 4.78 is 13.5. The van der Waals surface area contributed by atoms with Gasteiger partial charge in [-0.3, -0.25) is 14.5 Å². The number of hydrogen-bond acceptors (Lipinski definition) is 6. The van der Waals surface area contributed by atoms with Crippen LogP contribution in [0.2, 0.25) is 0 Å². The third-order valence-corrected chi connectivity index (χ3v) is 10.1. The Morgan fingerprint density at radius 3 is 2.38 bits per heavy atom. The van der Waals surface area contributed by atoms with Crippen molar-refractivity contribution < 1.29 is 29.3 Å². The minimum Gasteiger partial charge on any atom is -0.481 e. The zero-order valence-electron chi connectivity index (χ0n) is 27.8. The molecule has 2 heterocycles. The molecular formula is C39H48N2O6. The Hall–Kier alpha value is -3.56. The highest BCUT2D eigenvalue weighted by Crippen LogP contribution is 2.53. The number of ether oxygens (including phenoxy) is 2. The summed E-state index contributed by atoms with van der Waals surface area (Å²) in [4.78, 5) is 25.5. The maximum atomic E-state index is 12.1. The van der Waals surface area contributed by atoms with Crippen LogP contribution in [-0.4, -0.2) is 52.2 Å². The van der Waals surface area contributed by atoms with Crippen molar-refractivity contribution in [3.05, 3.63) is 95.1 Å². The van der Waals surface area contributed by atoms with Crippen molar-refractivity contribution in [1.29, 1.82) is 0 Å². The molecule has 250 valence electrons. The number of carbonyl (C=O) groups is 2. The van der Waals surface area contributed by atoms with E-state index >= 15 is 0 Å². The number of aliphatic hydroxyl groups excluding tert-OH is 1. The SMILES string of the molecule is CC1(C)CC2CC(C)(CN2C[C@H]2C[C@@H](c3ccc(CO)cc3)O[C@@H](c3cccc(-c4cccc(CNC(=O)CCC(=O)O)c4)c3)O2)C1. The van der Waals surface area contributed by atoms with Gasteiger partial charge in [-0.25, -0.2) is 0 Å². The smallest absolute Gasteiger partial charge is 0.303 e. The van der Waals surface area contributed by atoms with Crippen LogP contribution in [0.3, 0.4) is 0 Å². The van der Waals surface area contributed by atoms with Gasteiger partial charge in [-0.15, -0.1) is 0 Å². The van der Waals surface area contributed by atoms with Crippen molar-refractivity contribution in [3.8, 4) is 11.1 Å². The lowest BCUT2D eigenvalue weighted by Gasteiger charge is -2.41. The van der Waals surface area contributed by atoms with E-state index < -0.39 is 12.3 Å². The summed E-state index contributed by atoms with van der Waals surface area (Å²) in [5.41, 5.74) is 6.57. The Kier molecular flexibility index (Phi) is 9.85. The number of hydrogen-bond donors (Lipinski definition) is 3. The summed E-state index contributed by atoms with van der Waals surface area (Å²) >= 11 is 0. The number of nitrogens with zero attached hydrogens (tertiary/aromatic N) is 1. The van der Waals surface area contributed by atoms with Gasteiger partial charge in [0.2, 0.25) is 5.91 Å². The maximum Gasteiger partial charge on any atom is 0.303 e. The molecule has 0 aromatic heterocycles. The van der Waals surface area contributed by atoms with Gasteiger partial charge in [-0.1, -0.05) is 81.4 Å². The monoisotopic (exact) mass is 640 g/mol. The number of carbonyl (C=O) groups excluding carboxylic acids is 1. The molecule has 0 radical (unpaired) electrons. The summed E-state index contributed by atoms with van der Waals surface area (Å²) in [6, 6.07) is 24.9. The molecular weight excluding hydrogens is 592 g/mol. The molecule has 2 bridgehead atoms. The fraction of sp³-hybridized carbons (Fsp3) is 0.487. The van der Waals surface area contributed by atoms with E-state index in [2.05, 4.69) is 61.3 Å². The summed E-state index contributed by atoms with van der Waals surface area (Å²) in [6.45, 7) is 9.59. The summed E-state index contributed by atoms with van der Waals surface area (Å²) in [6.07, 6.45) is 3.58. The van der Waals surface area contributed by atoms with Gasteiger partial charge in [-0.2, -0.15) is 0 Å². The van der Waals surface area contributed by atoms with Crippen LogP contribution in [0.1, 0.15) is 93.9 Å². The molecule has 6 rings (SSSR count). The van der Waals surface area contributed by atoms with Gasteiger partial charge in [0.15, 0.2) is 6.29 Å². The maximum absolute atomic E-state index is 12.1. The van der Waals surface area contributed by atoms with Gasteiger partial charge in [0, 0.05) is 44.1 Å². The Balaban J connectivity index is 1.20. The molecule has 2 saturated heterocycles. The van der Waals surface area contributed by atoms with Gasteiger partial charge >= 0.3 is 5.97 Å². The van der Waals surface area contributed by atoms with Crippen LogP contribution in [0.15, 0.2) is 72.8 Å². The lowest BCUT2D eigenvalue weighted by atomic mass is 9.65. The van der Waals surface area contributed by atoms with Gasteiger partial charge in [0.25, 0.3) is 0 Å². The molecule has 47 heavy (non-hydrogen) atoms. The number of aliphatic hydroxyl groups is 1. The van der Waals surface area contributed by atoms with E-state index in [-0.39, 0.29) is 37.6 Å². The Labute approximate surface area is 278 Å². The number of fused-ring (bicyclic) bond motifs is 2.